The largest absolute Gasteiger partial charge is 0.360 e. The number of nitrogens with two attached hydrogens (primary N) is 1. The Labute approximate surface area is 97.1 Å². The monoisotopic (exact) mass is 223 g/mol. The fourth-order valence-corrected chi connectivity index (χ4v) is 1.45. The molecule has 0 bridgehead atoms. The Bertz CT molecular complexity index is 338. The molecule has 0 spiro atoms. The van der Waals surface area contributed by atoms with E-state index in [1.807, 2.05) is 12.1 Å². The van der Waals surface area contributed by atoms with Crippen molar-refractivity contribution in [3.63, 3.8) is 0 Å². The normalized spacial score (nSPS) is 12.1. The molecule has 4 heteroatoms. The Morgan fingerprint density at radius 3 is 2.69 bits per heavy atom. The molecule has 0 fully saturated rings. The molecule has 1 aromatic rings. The van der Waals surface area contributed by atoms with Gasteiger partial charge in [-0.05, 0) is 20.8 Å². The van der Waals surface area contributed by atoms with E-state index in [2.05, 4.69) is 37.4 Å². The van der Waals surface area contributed by atoms with E-state index in [4.69, 9.17) is 10.3 Å². The molecule has 1 aromatic heterocycles. The zero-order valence-electron chi connectivity index (χ0n) is 10.4. The topological polar surface area (TPSA) is 55.3 Å². The maximum absolute atomic E-state index is 5.49. The van der Waals surface area contributed by atoms with E-state index in [1.54, 1.807) is 0 Å². The van der Waals surface area contributed by atoms with Crippen molar-refractivity contribution in [3.05, 3.63) is 30.2 Å². The van der Waals surface area contributed by atoms with Crippen molar-refractivity contribution in [1.29, 1.82) is 0 Å². The second-order valence-corrected chi connectivity index (χ2v) is 4.83. The predicted octanol–water partition coefficient (Wildman–Crippen LogP) is 1.92. The van der Waals surface area contributed by atoms with Crippen LogP contribution >= 0.6 is 0 Å². The van der Waals surface area contributed by atoms with Gasteiger partial charge in [0, 0.05) is 24.7 Å². The van der Waals surface area contributed by atoms with Crippen LogP contribution in [0.1, 0.15) is 32.2 Å². The van der Waals surface area contributed by atoms with Crippen LogP contribution in [0.25, 0.3) is 0 Å². The van der Waals surface area contributed by atoms with Gasteiger partial charge in [-0.25, -0.2) is 0 Å². The predicted molar refractivity (Wildman–Crippen MR) is 64.8 cm³/mol. The number of rotatable bonds is 5. The summed E-state index contributed by atoms with van der Waals surface area (Å²) in [5.74, 6) is 0.845. The first-order valence-electron chi connectivity index (χ1n) is 5.48. The Kier molecular flexibility index (Phi) is 4.26. The van der Waals surface area contributed by atoms with Crippen LogP contribution in [0.5, 0.6) is 0 Å². The third-order valence-electron chi connectivity index (χ3n) is 2.46. The summed E-state index contributed by atoms with van der Waals surface area (Å²) in [5, 5.41) is 3.88. The van der Waals surface area contributed by atoms with Gasteiger partial charge < -0.3 is 10.3 Å². The SMILES string of the molecule is C=CCN(Cc1cc(CN)no1)C(C)(C)C. The smallest absolute Gasteiger partial charge is 0.151 e. The Morgan fingerprint density at radius 1 is 1.56 bits per heavy atom. The number of hydrogen-bond donors (Lipinski definition) is 1. The molecule has 0 atom stereocenters. The summed E-state index contributed by atoms with van der Waals surface area (Å²) in [7, 11) is 0. The lowest BCUT2D eigenvalue weighted by Gasteiger charge is -2.33. The van der Waals surface area contributed by atoms with Gasteiger partial charge in [0.05, 0.1) is 12.2 Å². The molecule has 0 saturated heterocycles. The number of hydrogen-bond acceptors (Lipinski definition) is 4. The van der Waals surface area contributed by atoms with Crippen molar-refractivity contribution in [3.8, 4) is 0 Å². The first-order chi connectivity index (χ1) is 7.47. The highest BCUT2D eigenvalue weighted by atomic mass is 16.5. The second-order valence-electron chi connectivity index (χ2n) is 4.83. The summed E-state index contributed by atoms with van der Waals surface area (Å²) in [6.45, 7) is 12.2. The Hall–Kier alpha value is -1.13. The van der Waals surface area contributed by atoms with Crippen molar-refractivity contribution in [2.45, 2.75) is 39.4 Å². The maximum atomic E-state index is 5.49. The van der Waals surface area contributed by atoms with Crippen molar-refractivity contribution in [1.82, 2.24) is 10.1 Å². The van der Waals surface area contributed by atoms with Crippen LogP contribution in [0.3, 0.4) is 0 Å². The summed E-state index contributed by atoms with van der Waals surface area (Å²) >= 11 is 0. The molecule has 0 aromatic carbocycles. The zero-order valence-corrected chi connectivity index (χ0v) is 10.4. The second kappa shape index (κ2) is 5.27. The van der Waals surface area contributed by atoms with Crippen LogP contribution in [-0.4, -0.2) is 22.1 Å². The van der Waals surface area contributed by atoms with Crippen LogP contribution in [0.15, 0.2) is 23.2 Å². The zero-order chi connectivity index (χ0) is 12.2. The fraction of sp³-hybridized carbons (Fsp3) is 0.583. The van der Waals surface area contributed by atoms with Crippen LogP contribution in [0.2, 0.25) is 0 Å². The van der Waals surface area contributed by atoms with Gasteiger partial charge in [0.15, 0.2) is 5.76 Å². The quantitative estimate of drug-likeness (QED) is 0.775. The molecule has 0 radical (unpaired) electrons. The van der Waals surface area contributed by atoms with Gasteiger partial charge in [0.1, 0.15) is 0 Å². The van der Waals surface area contributed by atoms with Crippen LogP contribution in [0.4, 0.5) is 0 Å². The van der Waals surface area contributed by atoms with Gasteiger partial charge in [-0.3, -0.25) is 4.90 Å². The third kappa shape index (κ3) is 3.47. The first-order valence-corrected chi connectivity index (χ1v) is 5.48. The van der Waals surface area contributed by atoms with Gasteiger partial charge in [-0.1, -0.05) is 11.2 Å². The van der Waals surface area contributed by atoms with Gasteiger partial charge in [-0.15, -0.1) is 6.58 Å². The molecule has 0 aliphatic carbocycles. The molecule has 0 saturated carbocycles. The van der Waals surface area contributed by atoms with Crippen LogP contribution in [0, 0.1) is 0 Å². The van der Waals surface area contributed by atoms with Crippen LogP contribution in [-0.2, 0) is 13.1 Å². The molecule has 2 N–H and O–H groups in total. The lowest BCUT2D eigenvalue weighted by atomic mass is 10.1. The molecule has 90 valence electrons. The molecule has 0 amide bonds. The lowest BCUT2D eigenvalue weighted by Crippen LogP contribution is -2.40. The highest BCUT2D eigenvalue weighted by molar-refractivity contribution is 5.05. The molecule has 0 unspecified atom stereocenters. The summed E-state index contributed by atoms with van der Waals surface area (Å²) in [4.78, 5) is 2.26. The first kappa shape index (κ1) is 12.9. The van der Waals surface area contributed by atoms with Crippen molar-refractivity contribution in [2.24, 2.45) is 5.73 Å². The molecule has 0 aliphatic rings. The van der Waals surface area contributed by atoms with Crippen molar-refractivity contribution >= 4 is 0 Å². The maximum Gasteiger partial charge on any atom is 0.151 e. The highest BCUT2D eigenvalue weighted by Gasteiger charge is 2.21. The molecule has 16 heavy (non-hydrogen) atoms. The summed E-state index contributed by atoms with van der Waals surface area (Å²) in [6, 6.07) is 1.90. The number of aromatic nitrogens is 1. The molecule has 4 nitrogen and oxygen atoms in total. The van der Waals surface area contributed by atoms with E-state index in [0.29, 0.717) is 6.54 Å². The lowest BCUT2D eigenvalue weighted by molar-refractivity contribution is 0.130. The average molecular weight is 223 g/mol. The van der Waals surface area contributed by atoms with Crippen molar-refractivity contribution < 1.29 is 4.52 Å². The Morgan fingerprint density at radius 2 is 2.25 bits per heavy atom. The number of nitrogens with zero attached hydrogens (tertiary/aromatic N) is 2. The highest BCUT2D eigenvalue weighted by Crippen LogP contribution is 2.17. The minimum absolute atomic E-state index is 0.0733. The van der Waals surface area contributed by atoms with E-state index in [9.17, 15) is 0 Å². The molecular weight excluding hydrogens is 202 g/mol. The molecular formula is C12H21N3O. The minimum atomic E-state index is 0.0733. The van der Waals surface area contributed by atoms with E-state index in [-0.39, 0.29) is 5.54 Å². The van der Waals surface area contributed by atoms with E-state index in [0.717, 1.165) is 24.5 Å². The van der Waals surface area contributed by atoms with E-state index in [1.165, 1.54) is 0 Å². The van der Waals surface area contributed by atoms with Crippen LogP contribution < -0.4 is 5.73 Å². The summed E-state index contributed by atoms with van der Waals surface area (Å²) < 4.78 is 5.22. The van der Waals surface area contributed by atoms with E-state index < -0.39 is 0 Å². The minimum Gasteiger partial charge on any atom is -0.360 e. The van der Waals surface area contributed by atoms with E-state index >= 15 is 0 Å². The Balaban J connectivity index is 2.71. The average Bonchev–Trinajstić information content (AvgIpc) is 2.63. The summed E-state index contributed by atoms with van der Waals surface area (Å²) in [5.41, 5.74) is 6.35. The van der Waals surface area contributed by atoms with Gasteiger partial charge in [0.2, 0.25) is 0 Å². The molecule has 1 rings (SSSR count). The summed E-state index contributed by atoms with van der Waals surface area (Å²) in [6.07, 6.45) is 1.89. The van der Waals surface area contributed by atoms with Gasteiger partial charge >= 0.3 is 0 Å². The van der Waals surface area contributed by atoms with Gasteiger partial charge in [0.25, 0.3) is 0 Å². The van der Waals surface area contributed by atoms with Crippen molar-refractivity contribution in [2.75, 3.05) is 6.54 Å². The third-order valence-corrected chi connectivity index (χ3v) is 2.46. The molecule has 0 aliphatic heterocycles. The molecule has 1 heterocycles. The standard InChI is InChI=1S/C12H21N3O/c1-5-6-15(12(2,3)4)9-11-7-10(8-13)14-16-11/h5,7H,1,6,8-9,13H2,2-4H3. The van der Waals surface area contributed by atoms with Gasteiger partial charge in [-0.2, -0.15) is 0 Å². The fourth-order valence-electron chi connectivity index (χ4n) is 1.45.